The molecule has 5 nitrogen and oxygen atoms in total. The molecule has 150 valence electrons. The van der Waals surface area contributed by atoms with E-state index in [-0.39, 0.29) is 21.1 Å². The van der Waals surface area contributed by atoms with E-state index in [1.165, 1.54) is 12.1 Å². The van der Waals surface area contributed by atoms with Crippen LogP contribution in [0, 0.1) is 29.4 Å². The van der Waals surface area contributed by atoms with E-state index in [9.17, 15) is 9.65 Å². The van der Waals surface area contributed by atoms with E-state index in [1.807, 2.05) is 44.2 Å². The molecule has 3 aromatic heterocycles. The summed E-state index contributed by atoms with van der Waals surface area (Å²) in [7, 11) is 0. The molecule has 0 radical (unpaired) electrons. The molecule has 0 spiro atoms. The van der Waals surface area contributed by atoms with Gasteiger partial charge in [-0.25, -0.2) is 4.39 Å². The number of benzene rings is 1. The van der Waals surface area contributed by atoms with Crippen molar-refractivity contribution < 1.29 is 25.5 Å². The minimum absolute atomic E-state index is 0. The molecule has 0 amide bonds. The number of aromatic nitrogens is 4. The van der Waals surface area contributed by atoms with Crippen molar-refractivity contribution in [3.8, 4) is 23.1 Å². The van der Waals surface area contributed by atoms with E-state index >= 15 is 0 Å². The van der Waals surface area contributed by atoms with Gasteiger partial charge in [0.05, 0.1) is 16.7 Å². The van der Waals surface area contributed by atoms with Gasteiger partial charge < -0.3 is 4.98 Å². The van der Waals surface area contributed by atoms with Crippen LogP contribution in [0.25, 0.3) is 17.1 Å². The molecule has 0 unspecified atom stereocenters. The first-order valence-electron chi connectivity index (χ1n) is 8.98. The molecule has 3 heterocycles. The van der Waals surface area contributed by atoms with Crippen molar-refractivity contribution in [3.63, 3.8) is 0 Å². The Balaban J connectivity index is 0.00000256. The van der Waals surface area contributed by atoms with Gasteiger partial charge in [0.25, 0.3) is 0 Å². The van der Waals surface area contributed by atoms with Crippen molar-refractivity contribution in [1.82, 2.24) is 19.7 Å². The number of pyridine rings is 2. The van der Waals surface area contributed by atoms with Crippen molar-refractivity contribution in [1.29, 1.82) is 5.26 Å². The quantitative estimate of drug-likeness (QED) is 0.269. The summed E-state index contributed by atoms with van der Waals surface area (Å²) in [5, 5.41) is 14.3. The van der Waals surface area contributed by atoms with Gasteiger partial charge in [0.15, 0.2) is 5.95 Å². The molecular weight excluding hydrogens is 560 g/mol. The van der Waals surface area contributed by atoms with Gasteiger partial charge in [-0.15, -0.1) is 12.1 Å². The minimum Gasteiger partial charge on any atom is -0.314 e. The van der Waals surface area contributed by atoms with Gasteiger partial charge >= 0.3 is 21.1 Å². The standard InChI is InChI=1S/C23H16FN5.Pt/c1-23(2,20-12-6-10-18(26-20)19-11-7-13-21(24)27-19)22-16(14-25)15-29(28-22)17-8-4-3-5-9-17;/h3-8,10,12-13,15H,1-2H3;/q-2;+2. The third-order valence-corrected chi connectivity index (χ3v) is 4.66. The smallest absolute Gasteiger partial charge is 0.314 e. The fraction of sp³-hybridized carbons (Fsp3) is 0.130. The molecule has 0 aliphatic carbocycles. The molecule has 0 atom stereocenters. The Morgan fingerprint density at radius 1 is 1.03 bits per heavy atom. The van der Waals surface area contributed by atoms with Gasteiger partial charge in [-0.2, -0.15) is 46.8 Å². The first kappa shape index (κ1) is 21.5. The first-order chi connectivity index (χ1) is 14.0. The monoisotopic (exact) mass is 576 g/mol. The molecular formula is C23H16FN5Pt. The molecule has 4 aromatic rings. The Morgan fingerprint density at radius 3 is 2.57 bits per heavy atom. The van der Waals surface area contributed by atoms with E-state index in [1.54, 1.807) is 23.0 Å². The number of nitrogens with zero attached hydrogens (tertiary/aromatic N) is 5. The van der Waals surface area contributed by atoms with Crippen molar-refractivity contribution in [2.24, 2.45) is 0 Å². The molecule has 30 heavy (non-hydrogen) atoms. The first-order valence-corrected chi connectivity index (χ1v) is 8.98. The number of nitriles is 1. The van der Waals surface area contributed by atoms with Gasteiger partial charge in [-0.05, 0) is 37.0 Å². The van der Waals surface area contributed by atoms with Crippen LogP contribution in [-0.2, 0) is 26.5 Å². The van der Waals surface area contributed by atoms with Crippen LogP contribution in [0.3, 0.4) is 0 Å². The van der Waals surface area contributed by atoms with Crippen molar-refractivity contribution >= 4 is 0 Å². The fourth-order valence-corrected chi connectivity index (χ4v) is 3.10. The summed E-state index contributed by atoms with van der Waals surface area (Å²) in [6.07, 6.45) is 1.69. The number of para-hydroxylation sites is 1. The van der Waals surface area contributed by atoms with Crippen molar-refractivity contribution in [2.45, 2.75) is 19.3 Å². The van der Waals surface area contributed by atoms with Crippen molar-refractivity contribution in [3.05, 3.63) is 95.8 Å². The van der Waals surface area contributed by atoms with Crippen LogP contribution >= 0.6 is 0 Å². The summed E-state index contributed by atoms with van der Waals surface area (Å²) < 4.78 is 15.1. The minimum atomic E-state index is -0.672. The SMILES string of the molecule is CC(C)(c1cccc(-c2[c-]ccc(F)n2)n1)c1nn(-c2[c-]cccc2)cc1C#N.[Pt+2]. The van der Waals surface area contributed by atoms with E-state index in [2.05, 4.69) is 33.3 Å². The molecule has 0 fully saturated rings. The maximum Gasteiger partial charge on any atom is 2.00 e. The van der Waals surface area contributed by atoms with Gasteiger partial charge in [0, 0.05) is 11.9 Å². The zero-order valence-corrected chi connectivity index (χ0v) is 18.5. The third-order valence-electron chi connectivity index (χ3n) is 4.66. The summed E-state index contributed by atoms with van der Waals surface area (Å²) in [5.74, 6) is -0.588. The maximum absolute atomic E-state index is 13.5. The molecule has 0 N–H and O–H groups in total. The zero-order chi connectivity index (χ0) is 20.4. The molecule has 4 rings (SSSR count). The van der Waals surface area contributed by atoms with E-state index < -0.39 is 11.4 Å². The zero-order valence-electron chi connectivity index (χ0n) is 16.2. The van der Waals surface area contributed by atoms with Gasteiger partial charge in [0.1, 0.15) is 6.07 Å². The summed E-state index contributed by atoms with van der Waals surface area (Å²) in [6, 6.07) is 23.8. The Bertz CT molecular complexity index is 1210. The van der Waals surface area contributed by atoms with Gasteiger partial charge in [-0.1, -0.05) is 12.1 Å². The average Bonchev–Trinajstić information content (AvgIpc) is 3.20. The van der Waals surface area contributed by atoms with E-state index in [0.29, 0.717) is 28.3 Å². The topological polar surface area (TPSA) is 67.4 Å². The average molecular weight is 576 g/mol. The molecule has 0 bridgehead atoms. The van der Waals surface area contributed by atoms with E-state index in [4.69, 9.17) is 0 Å². The number of rotatable bonds is 4. The second-order valence-electron chi connectivity index (χ2n) is 6.99. The number of halogens is 1. The normalized spacial score (nSPS) is 10.9. The van der Waals surface area contributed by atoms with E-state index in [0.717, 1.165) is 5.69 Å². The molecule has 1 aromatic carbocycles. The van der Waals surface area contributed by atoms with Gasteiger partial charge in [-0.3, -0.25) is 9.67 Å². The summed E-state index contributed by atoms with van der Waals surface area (Å²) in [5.41, 5.74) is 2.64. The second kappa shape index (κ2) is 8.69. The van der Waals surface area contributed by atoms with Crippen LogP contribution in [0.15, 0.2) is 60.8 Å². The largest absolute Gasteiger partial charge is 2.00 e. The Hall–Kier alpha value is -3.16. The van der Waals surface area contributed by atoms with Crippen molar-refractivity contribution in [2.75, 3.05) is 0 Å². The van der Waals surface area contributed by atoms with Crippen LogP contribution < -0.4 is 0 Å². The summed E-state index contributed by atoms with van der Waals surface area (Å²) >= 11 is 0. The van der Waals surface area contributed by atoms with Crippen LogP contribution in [0.1, 0.15) is 30.8 Å². The molecule has 0 aliphatic heterocycles. The Labute approximate surface area is 188 Å². The fourth-order valence-electron chi connectivity index (χ4n) is 3.10. The molecule has 0 saturated carbocycles. The van der Waals surface area contributed by atoms with Crippen LogP contribution in [0.4, 0.5) is 4.39 Å². The Kier molecular flexibility index (Phi) is 6.24. The van der Waals surface area contributed by atoms with Gasteiger partial charge in [0.2, 0.25) is 0 Å². The molecule has 0 aliphatic rings. The third kappa shape index (κ3) is 4.08. The summed E-state index contributed by atoms with van der Waals surface area (Å²) in [4.78, 5) is 8.52. The van der Waals surface area contributed by atoms with Crippen LogP contribution in [0.5, 0.6) is 0 Å². The molecule has 7 heteroatoms. The molecule has 0 saturated heterocycles. The number of hydrogen-bond acceptors (Lipinski definition) is 4. The summed E-state index contributed by atoms with van der Waals surface area (Å²) in [6.45, 7) is 3.90. The maximum atomic E-state index is 13.5. The Morgan fingerprint density at radius 2 is 1.87 bits per heavy atom. The predicted molar refractivity (Wildman–Crippen MR) is 106 cm³/mol. The predicted octanol–water partition coefficient (Wildman–Crippen LogP) is 4.26. The number of hydrogen-bond donors (Lipinski definition) is 0. The second-order valence-corrected chi connectivity index (χ2v) is 6.99. The van der Waals surface area contributed by atoms with Crippen LogP contribution in [0.2, 0.25) is 0 Å². The van der Waals surface area contributed by atoms with Crippen LogP contribution in [-0.4, -0.2) is 19.7 Å².